The highest BCUT2D eigenvalue weighted by Gasteiger charge is 2.28. The van der Waals surface area contributed by atoms with Crippen molar-refractivity contribution in [2.75, 3.05) is 0 Å². The van der Waals surface area contributed by atoms with Crippen LogP contribution in [-0.4, -0.2) is 20.4 Å². The fourth-order valence-corrected chi connectivity index (χ4v) is 3.55. The normalized spacial score (nSPS) is 13.9. The third-order valence-electron chi connectivity index (χ3n) is 3.80. The number of nitrogens with one attached hydrogen (secondary N) is 1. The van der Waals surface area contributed by atoms with Crippen LogP contribution < -0.4 is 4.72 Å². The van der Waals surface area contributed by atoms with Crippen LogP contribution in [0.1, 0.15) is 34.3 Å². The van der Waals surface area contributed by atoms with Crippen molar-refractivity contribution < 1.29 is 17.9 Å². The van der Waals surface area contributed by atoms with Gasteiger partial charge in [0.05, 0.1) is 22.1 Å². The van der Waals surface area contributed by atoms with E-state index >= 15 is 0 Å². The first-order valence-electron chi connectivity index (χ1n) is 7.77. The van der Waals surface area contributed by atoms with E-state index in [0.717, 1.165) is 12.8 Å². The Kier molecular flexibility index (Phi) is 4.83. The largest absolute Gasteiger partial charge is 0.457 e. The molecule has 0 heterocycles. The lowest BCUT2D eigenvalue weighted by Crippen LogP contribution is -2.25. The van der Waals surface area contributed by atoms with E-state index in [2.05, 4.69) is 4.72 Å². The summed E-state index contributed by atoms with van der Waals surface area (Å²) in [5.41, 5.74) is 1.31. The molecule has 0 amide bonds. The van der Waals surface area contributed by atoms with Crippen LogP contribution in [-0.2, 0) is 21.4 Å². The first kappa shape index (κ1) is 17.1. The number of nitriles is 1. The molecule has 2 aromatic carbocycles. The van der Waals surface area contributed by atoms with Gasteiger partial charge in [-0.25, -0.2) is 17.9 Å². The van der Waals surface area contributed by atoms with Gasteiger partial charge in [-0.1, -0.05) is 18.2 Å². The molecule has 2 aromatic rings. The number of sulfonamides is 1. The molecular formula is C18H16N2O4S. The third kappa shape index (κ3) is 4.24. The number of ether oxygens (including phenoxy) is 1. The van der Waals surface area contributed by atoms with Crippen molar-refractivity contribution in [1.82, 2.24) is 4.72 Å². The molecule has 0 aromatic heterocycles. The Morgan fingerprint density at radius 3 is 2.48 bits per heavy atom. The molecule has 0 atom stereocenters. The topological polar surface area (TPSA) is 96.3 Å². The van der Waals surface area contributed by atoms with E-state index in [4.69, 9.17) is 10.00 Å². The molecule has 1 N–H and O–H groups in total. The maximum Gasteiger partial charge on any atom is 0.338 e. The van der Waals surface area contributed by atoms with Gasteiger partial charge in [-0.05, 0) is 43.2 Å². The molecule has 1 fully saturated rings. The lowest BCUT2D eigenvalue weighted by molar-refractivity contribution is 0.0472. The molecule has 6 nitrogen and oxygen atoms in total. The maximum absolute atomic E-state index is 12.1. The van der Waals surface area contributed by atoms with Gasteiger partial charge in [0.15, 0.2) is 0 Å². The molecule has 0 aliphatic heterocycles. The van der Waals surface area contributed by atoms with Gasteiger partial charge < -0.3 is 4.74 Å². The number of hydrogen-bond donors (Lipinski definition) is 1. The molecule has 1 aliphatic rings. The Balaban J connectivity index is 1.65. The Labute approximate surface area is 146 Å². The summed E-state index contributed by atoms with van der Waals surface area (Å²) in [6, 6.07) is 14.5. The SMILES string of the molecule is N#Cc1ccccc1COC(=O)c1ccc(S(=O)(=O)NC2CC2)cc1. The van der Waals surface area contributed by atoms with Crippen LogP contribution in [0, 0.1) is 11.3 Å². The van der Waals surface area contributed by atoms with Crippen molar-refractivity contribution in [1.29, 1.82) is 5.26 Å². The predicted octanol–water partition coefficient (Wildman–Crippen LogP) is 2.36. The van der Waals surface area contributed by atoms with Gasteiger partial charge in [-0.15, -0.1) is 0 Å². The second-order valence-corrected chi connectivity index (χ2v) is 7.48. The van der Waals surface area contributed by atoms with Crippen LogP contribution in [0.2, 0.25) is 0 Å². The molecular weight excluding hydrogens is 340 g/mol. The maximum atomic E-state index is 12.1. The summed E-state index contributed by atoms with van der Waals surface area (Å²) in [6.07, 6.45) is 1.71. The fraction of sp³-hybridized carbons (Fsp3) is 0.222. The van der Waals surface area contributed by atoms with Gasteiger partial charge in [0.2, 0.25) is 10.0 Å². The first-order chi connectivity index (χ1) is 12.0. The fourth-order valence-electron chi connectivity index (χ4n) is 2.24. The van der Waals surface area contributed by atoms with Gasteiger partial charge in [0, 0.05) is 11.6 Å². The van der Waals surface area contributed by atoms with E-state index in [9.17, 15) is 13.2 Å². The average molecular weight is 356 g/mol. The van der Waals surface area contributed by atoms with E-state index in [-0.39, 0.29) is 23.1 Å². The van der Waals surface area contributed by atoms with Crippen LogP contribution >= 0.6 is 0 Å². The predicted molar refractivity (Wildman–Crippen MR) is 90.1 cm³/mol. The molecule has 0 saturated heterocycles. The summed E-state index contributed by atoms with van der Waals surface area (Å²) in [7, 11) is -3.54. The Bertz CT molecular complexity index is 926. The molecule has 1 aliphatic carbocycles. The van der Waals surface area contributed by atoms with Gasteiger partial charge >= 0.3 is 5.97 Å². The Hall–Kier alpha value is -2.69. The molecule has 25 heavy (non-hydrogen) atoms. The van der Waals surface area contributed by atoms with E-state index < -0.39 is 16.0 Å². The number of hydrogen-bond acceptors (Lipinski definition) is 5. The van der Waals surface area contributed by atoms with Gasteiger partial charge in [0.1, 0.15) is 6.61 Å². The van der Waals surface area contributed by atoms with Crippen molar-refractivity contribution in [3.8, 4) is 6.07 Å². The smallest absolute Gasteiger partial charge is 0.338 e. The monoisotopic (exact) mass is 356 g/mol. The standard InChI is InChI=1S/C18H16N2O4S/c19-11-14-3-1-2-4-15(14)12-24-18(21)13-5-9-17(10-6-13)25(22,23)20-16-7-8-16/h1-6,9-10,16,20H,7-8,12H2. The van der Waals surface area contributed by atoms with Crippen molar-refractivity contribution in [2.45, 2.75) is 30.4 Å². The average Bonchev–Trinajstić information content (AvgIpc) is 3.43. The van der Waals surface area contributed by atoms with Gasteiger partial charge in [-0.3, -0.25) is 0 Å². The summed E-state index contributed by atoms with van der Waals surface area (Å²) in [4.78, 5) is 12.2. The lowest BCUT2D eigenvalue weighted by atomic mass is 10.1. The number of nitrogens with zero attached hydrogens (tertiary/aromatic N) is 1. The number of esters is 1. The Morgan fingerprint density at radius 2 is 1.84 bits per heavy atom. The van der Waals surface area contributed by atoms with E-state index in [1.54, 1.807) is 24.3 Å². The highest BCUT2D eigenvalue weighted by Crippen LogP contribution is 2.22. The molecule has 0 bridgehead atoms. The van der Waals surface area contributed by atoms with Crippen molar-refractivity contribution in [3.05, 3.63) is 65.2 Å². The molecule has 128 valence electrons. The van der Waals surface area contributed by atoms with E-state index in [1.807, 2.05) is 6.07 Å². The minimum absolute atomic E-state index is 0.0220. The second kappa shape index (κ2) is 7.05. The molecule has 3 rings (SSSR count). The number of benzene rings is 2. The molecule has 7 heteroatoms. The molecule has 0 radical (unpaired) electrons. The van der Waals surface area contributed by atoms with Crippen LogP contribution in [0.15, 0.2) is 53.4 Å². The van der Waals surface area contributed by atoms with Gasteiger partial charge in [-0.2, -0.15) is 5.26 Å². The Morgan fingerprint density at radius 1 is 1.16 bits per heavy atom. The van der Waals surface area contributed by atoms with E-state index in [0.29, 0.717) is 11.1 Å². The molecule has 0 unspecified atom stereocenters. The van der Waals surface area contributed by atoms with Crippen molar-refractivity contribution >= 4 is 16.0 Å². The van der Waals surface area contributed by atoms with E-state index in [1.165, 1.54) is 24.3 Å². The molecule has 1 saturated carbocycles. The number of carbonyl (C=O) groups excluding carboxylic acids is 1. The summed E-state index contributed by atoms with van der Waals surface area (Å²) in [6.45, 7) is -0.0220. The van der Waals surface area contributed by atoms with Crippen molar-refractivity contribution in [2.24, 2.45) is 0 Å². The van der Waals surface area contributed by atoms with Crippen LogP contribution in [0.5, 0.6) is 0 Å². The lowest BCUT2D eigenvalue weighted by Gasteiger charge is -2.08. The van der Waals surface area contributed by atoms with Crippen LogP contribution in [0.3, 0.4) is 0 Å². The second-order valence-electron chi connectivity index (χ2n) is 5.77. The summed E-state index contributed by atoms with van der Waals surface area (Å²) < 4.78 is 32.0. The van der Waals surface area contributed by atoms with Crippen molar-refractivity contribution in [3.63, 3.8) is 0 Å². The first-order valence-corrected chi connectivity index (χ1v) is 9.25. The zero-order valence-electron chi connectivity index (χ0n) is 13.3. The van der Waals surface area contributed by atoms with Crippen LogP contribution in [0.4, 0.5) is 0 Å². The minimum Gasteiger partial charge on any atom is -0.457 e. The quantitative estimate of drug-likeness (QED) is 0.802. The zero-order valence-corrected chi connectivity index (χ0v) is 14.1. The number of carbonyl (C=O) groups is 1. The highest BCUT2D eigenvalue weighted by atomic mass is 32.2. The summed E-state index contributed by atoms with van der Waals surface area (Å²) >= 11 is 0. The summed E-state index contributed by atoms with van der Waals surface area (Å²) in [5.74, 6) is -0.577. The summed E-state index contributed by atoms with van der Waals surface area (Å²) in [5, 5.41) is 9.02. The minimum atomic E-state index is -3.54. The van der Waals surface area contributed by atoms with Crippen LogP contribution in [0.25, 0.3) is 0 Å². The number of rotatable bonds is 6. The highest BCUT2D eigenvalue weighted by molar-refractivity contribution is 7.89. The third-order valence-corrected chi connectivity index (χ3v) is 5.33. The molecule has 0 spiro atoms. The zero-order chi connectivity index (χ0) is 17.9. The van der Waals surface area contributed by atoms with Gasteiger partial charge in [0.25, 0.3) is 0 Å².